The summed E-state index contributed by atoms with van der Waals surface area (Å²) in [5.41, 5.74) is 7.59. The van der Waals surface area contributed by atoms with Crippen molar-refractivity contribution < 1.29 is 14.7 Å². The maximum atomic E-state index is 12.8. The Morgan fingerprint density at radius 1 is 1.23 bits per heavy atom. The van der Waals surface area contributed by atoms with Gasteiger partial charge in [0.25, 0.3) is 11.5 Å². The summed E-state index contributed by atoms with van der Waals surface area (Å²) >= 11 is 0. The number of carbonyl (C=O) groups is 2. The number of hydrogen-bond acceptors (Lipinski definition) is 5. The zero-order chi connectivity index (χ0) is 22.0. The number of aryl methyl sites for hydroxylation is 2. The molecule has 1 amide bonds. The van der Waals surface area contributed by atoms with E-state index in [0.29, 0.717) is 36.9 Å². The predicted molar refractivity (Wildman–Crippen MR) is 112 cm³/mol. The van der Waals surface area contributed by atoms with Crippen molar-refractivity contribution in [1.82, 2.24) is 15.1 Å². The summed E-state index contributed by atoms with van der Waals surface area (Å²) in [6.45, 7) is 1.84. The highest BCUT2D eigenvalue weighted by molar-refractivity contribution is 5.96. The van der Waals surface area contributed by atoms with Gasteiger partial charge in [0, 0.05) is 24.2 Å². The van der Waals surface area contributed by atoms with E-state index in [9.17, 15) is 14.4 Å². The smallest absolute Gasteiger partial charge is 0.306 e. The van der Waals surface area contributed by atoms with Gasteiger partial charge in [-0.1, -0.05) is 12.1 Å². The van der Waals surface area contributed by atoms with Crippen LogP contribution in [0.3, 0.4) is 0 Å². The van der Waals surface area contributed by atoms with Crippen molar-refractivity contribution in [3.8, 4) is 11.3 Å². The molecule has 1 aliphatic rings. The van der Waals surface area contributed by atoms with E-state index in [1.165, 1.54) is 13.1 Å². The second-order valence-corrected chi connectivity index (χ2v) is 7.68. The lowest BCUT2D eigenvalue weighted by molar-refractivity contribution is -0.142. The topological polar surface area (TPSA) is 151 Å². The molecule has 1 aliphatic carbocycles. The van der Waals surface area contributed by atoms with E-state index in [1.54, 1.807) is 18.2 Å². The molecule has 30 heavy (non-hydrogen) atoms. The van der Waals surface area contributed by atoms with E-state index in [-0.39, 0.29) is 23.4 Å². The molecule has 3 rings (SSSR count). The number of carboxylic acid groups (broad SMARTS) is 1. The van der Waals surface area contributed by atoms with Crippen LogP contribution in [0.15, 0.2) is 29.1 Å². The van der Waals surface area contributed by atoms with Crippen LogP contribution in [0.1, 0.15) is 47.2 Å². The van der Waals surface area contributed by atoms with Crippen molar-refractivity contribution in [3.05, 3.63) is 51.3 Å². The molecule has 0 unspecified atom stereocenters. The largest absolute Gasteiger partial charge is 0.481 e. The van der Waals surface area contributed by atoms with Gasteiger partial charge in [-0.15, -0.1) is 0 Å². The molecule has 9 nitrogen and oxygen atoms in total. The molecule has 5 N–H and O–H groups in total. The summed E-state index contributed by atoms with van der Waals surface area (Å²) in [5.74, 6) is -1.72. The lowest BCUT2D eigenvalue weighted by atomic mass is 9.86. The standard InChI is InChI=1S/C21H25N5O4/c1-11-9-13(18(22)23)5-8-15(11)17-10-16(20(28)26(2)25-17)19(27)24-14-6-3-12(4-7-14)21(29)30/h5,8-10,12,14H,3-4,6-7H2,1-2H3,(H3,22,23)(H,24,27)(H,29,30). The summed E-state index contributed by atoms with van der Waals surface area (Å²) in [7, 11) is 1.49. The number of rotatable bonds is 5. The zero-order valence-electron chi connectivity index (χ0n) is 16.9. The van der Waals surface area contributed by atoms with Gasteiger partial charge < -0.3 is 16.2 Å². The Labute approximate surface area is 173 Å². The third kappa shape index (κ3) is 4.40. The molecule has 0 radical (unpaired) electrons. The minimum atomic E-state index is -0.807. The van der Waals surface area contributed by atoms with Crippen LogP contribution in [0.4, 0.5) is 0 Å². The SMILES string of the molecule is Cc1cc(C(=N)N)ccc1-c1cc(C(=O)NC2CCC(C(=O)O)CC2)c(=O)n(C)n1. The Bertz CT molecular complexity index is 1070. The van der Waals surface area contributed by atoms with Crippen molar-refractivity contribution >= 4 is 17.7 Å². The number of nitrogen functional groups attached to an aromatic ring is 1. The van der Waals surface area contributed by atoms with Crippen LogP contribution in [0.25, 0.3) is 11.3 Å². The molecule has 0 aliphatic heterocycles. The Balaban J connectivity index is 1.85. The van der Waals surface area contributed by atoms with Crippen molar-refractivity contribution in [2.24, 2.45) is 18.7 Å². The maximum Gasteiger partial charge on any atom is 0.306 e. The van der Waals surface area contributed by atoms with E-state index < -0.39 is 17.4 Å². The highest BCUT2D eigenvalue weighted by Crippen LogP contribution is 2.25. The van der Waals surface area contributed by atoms with Crippen LogP contribution in [0, 0.1) is 18.3 Å². The van der Waals surface area contributed by atoms with Crippen LogP contribution in [0.5, 0.6) is 0 Å². The first-order chi connectivity index (χ1) is 14.2. The van der Waals surface area contributed by atoms with Crippen molar-refractivity contribution in [1.29, 1.82) is 5.41 Å². The summed E-state index contributed by atoms with van der Waals surface area (Å²) in [6.07, 6.45) is 2.13. The van der Waals surface area contributed by atoms with Crippen molar-refractivity contribution in [2.75, 3.05) is 0 Å². The summed E-state index contributed by atoms with van der Waals surface area (Å²) in [5, 5.41) is 23.8. The number of carbonyl (C=O) groups excluding carboxylic acids is 1. The maximum absolute atomic E-state index is 12.8. The summed E-state index contributed by atoms with van der Waals surface area (Å²) in [4.78, 5) is 36.4. The molecular formula is C21H25N5O4. The third-order valence-corrected chi connectivity index (χ3v) is 5.53. The Morgan fingerprint density at radius 3 is 2.47 bits per heavy atom. The summed E-state index contributed by atoms with van der Waals surface area (Å²) < 4.78 is 1.13. The van der Waals surface area contributed by atoms with Gasteiger partial charge in [-0.3, -0.25) is 19.8 Å². The lowest BCUT2D eigenvalue weighted by Crippen LogP contribution is -2.41. The van der Waals surface area contributed by atoms with Gasteiger partial charge in [-0.2, -0.15) is 5.10 Å². The number of amides is 1. The molecule has 1 fully saturated rings. The number of benzene rings is 1. The zero-order valence-corrected chi connectivity index (χ0v) is 16.9. The van der Waals surface area contributed by atoms with Crippen LogP contribution in [-0.2, 0) is 11.8 Å². The second-order valence-electron chi connectivity index (χ2n) is 7.68. The van der Waals surface area contributed by atoms with Crippen LogP contribution in [-0.4, -0.2) is 38.6 Å². The van der Waals surface area contributed by atoms with E-state index in [2.05, 4.69) is 10.4 Å². The number of aromatic nitrogens is 2. The first kappa shape index (κ1) is 21.2. The lowest BCUT2D eigenvalue weighted by Gasteiger charge is -2.26. The van der Waals surface area contributed by atoms with Gasteiger partial charge >= 0.3 is 5.97 Å². The first-order valence-electron chi connectivity index (χ1n) is 9.74. The van der Waals surface area contributed by atoms with Gasteiger partial charge in [-0.25, -0.2) is 4.68 Å². The van der Waals surface area contributed by atoms with Gasteiger partial charge in [0.2, 0.25) is 0 Å². The molecule has 158 valence electrons. The minimum Gasteiger partial charge on any atom is -0.481 e. The molecule has 0 saturated heterocycles. The molecule has 9 heteroatoms. The van der Waals surface area contributed by atoms with Crippen LogP contribution < -0.4 is 16.6 Å². The molecule has 0 spiro atoms. The predicted octanol–water partition coefficient (Wildman–Crippen LogP) is 1.41. The molecule has 2 aromatic rings. The quantitative estimate of drug-likeness (QED) is 0.431. The fourth-order valence-electron chi connectivity index (χ4n) is 3.77. The molecule has 1 saturated carbocycles. The average Bonchev–Trinajstić information content (AvgIpc) is 2.70. The summed E-state index contributed by atoms with van der Waals surface area (Å²) in [6, 6.07) is 6.51. The molecule has 1 heterocycles. The number of nitrogens with one attached hydrogen (secondary N) is 2. The van der Waals surface area contributed by atoms with Crippen molar-refractivity contribution in [2.45, 2.75) is 38.6 Å². The van der Waals surface area contributed by atoms with Gasteiger partial charge in [0.1, 0.15) is 11.4 Å². The highest BCUT2D eigenvalue weighted by Gasteiger charge is 2.27. The van der Waals surface area contributed by atoms with Gasteiger partial charge in [0.15, 0.2) is 0 Å². The molecular weight excluding hydrogens is 386 g/mol. The second kappa shape index (κ2) is 8.48. The first-order valence-corrected chi connectivity index (χ1v) is 9.74. The minimum absolute atomic E-state index is 0.0158. The fourth-order valence-corrected chi connectivity index (χ4v) is 3.77. The number of carboxylic acids is 1. The molecule has 1 aromatic heterocycles. The van der Waals surface area contributed by atoms with E-state index >= 15 is 0 Å². The highest BCUT2D eigenvalue weighted by atomic mass is 16.4. The number of nitrogens with two attached hydrogens (primary N) is 1. The van der Waals surface area contributed by atoms with Crippen LogP contribution >= 0.6 is 0 Å². The number of aliphatic carboxylic acids is 1. The fraction of sp³-hybridized carbons (Fsp3) is 0.381. The van der Waals surface area contributed by atoms with E-state index in [0.717, 1.165) is 15.8 Å². The van der Waals surface area contributed by atoms with Gasteiger partial charge in [-0.05, 0) is 50.3 Å². The Morgan fingerprint density at radius 2 is 1.90 bits per heavy atom. The average molecular weight is 411 g/mol. The third-order valence-electron chi connectivity index (χ3n) is 5.53. The van der Waals surface area contributed by atoms with Crippen LogP contribution in [0.2, 0.25) is 0 Å². The molecule has 0 bridgehead atoms. The van der Waals surface area contributed by atoms with E-state index in [1.807, 2.05) is 6.92 Å². The Kier molecular flexibility index (Phi) is 6.00. The number of nitrogens with zero attached hydrogens (tertiary/aromatic N) is 2. The Hall–Kier alpha value is -3.49. The normalized spacial score (nSPS) is 18.6. The van der Waals surface area contributed by atoms with E-state index in [4.69, 9.17) is 16.2 Å². The number of hydrogen-bond donors (Lipinski definition) is 4. The monoisotopic (exact) mass is 411 g/mol. The molecule has 1 aromatic carbocycles. The molecule has 0 atom stereocenters. The van der Waals surface area contributed by atoms with Gasteiger partial charge in [0.05, 0.1) is 11.6 Å². The van der Waals surface area contributed by atoms with Crippen molar-refractivity contribution in [3.63, 3.8) is 0 Å². The number of amidine groups is 1.